The molecule has 0 spiro atoms. The first-order chi connectivity index (χ1) is 15.0. The van der Waals surface area contributed by atoms with Crippen molar-refractivity contribution < 1.29 is 49.4 Å². The van der Waals surface area contributed by atoms with E-state index in [0.717, 1.165) is 17.0 Å². The molecule has 3 nitrogen and oxygen atoms in total. The molecule has 0 aliphatic carbocycles. The smallest absolute Gasteiger partial charge is 0.356 e. The summed E-state index contributed by atoms with van der Waals surface area (Å²) in [6, 6.07) is 2.96. The highest BCUT2D eigenvalue weighted by Gasteiger charge is 2.43. The average Bonchev–Trinajstić information content (AvgIpc) is 2.95. The minimum Gasteiger partial charge on any atom is -0.356 e. The first kappa shape index (κ1) is 26.0. The molecule has 1 N–H and O–H groups in total. The van der Waals surface area contributed by atoms with E-state index in [4.69, 9.17) is 4.74 Å². The van der Waals surface area contributed by atoms with Gasteiger partial charge in [0.2, 0.25) is 6.41 Å². The van der Waals surface area contributed by atoms with Crippen LogP contribution >= 0.6 is 22.6 Å². The zero-order chi connectivity index (χ0) is 24.9. The molecule has 3 atom stereocenters. The normalized spacial score (nSPS) is 22.7. The lowest BCUT2D eigenvalue weighted by Gasteiger charge is -2.25. The zero-order valence-electron chi connectivity index (χ0n) is 16.5. The van der Waals surface area contributed by atoms with Crippen molar-refractivity contribution in [2.24, 2.45) is 0 Å². The Balaban J connectivity index is 1.95. The van der Waals surface area contributed by atoms with Gasteiger partial charge in [-0.25, -0.2) is 4.90 Å². The largest absolute Gasteiger partial charge is 0.416 e. The Morgan fingerprint density at radius 1 is 0.848 bits per heavy atom. The first-order valence-corrected chi connectivity index (χ1v) is 10.3. The molecule has 182 valence electrons. The van der Waals surface area contributed by atoms with Crippen molar-refractivity contribution in [1.82, 2.24) is 4.90 Å². The number of nitrogens with zero attached hydrogens (tertiary/aromatic N) is 1. The average molecular weight is 599 g/mol. The van der Waals surface area contributed by atoms with Gasteiger partial charge in [-0.1, -0.05) is 0 Å². The van der Waals surface area contributed by atoms with Gasteiger partial charge >= 0.3 is 18.5 Å². The molecular weight excluding hydrogens is 584 g/mol. The molecule has 3 rings (SSSR count). The highest BCUT2D eigenvalue weighted by molar-refractivity contribution is 14.1. The summed E-state index contributed by atoms with van der Waals surface area (Å²) in [5.74, 6) is 0. The van der Waals surface area contributed by atoms with Crippen LogP contribution in [-0.2, 0) is 29.8 Å². The maximum atomic E-state index is 13.2. The quantitative estimate of drug-likeness (QED) is 0.320. The first-order valence-electron chi connectivity index (χ1n) is 9.23. The third kappa shape index (κ3) is 5.74. The van der Waals surface area contributed by atoms with E-state index in [0.29, 0.717) is 15.7 Å². The number of aliphatic hydroxyl groups excluding tert-OH is 1. The molecule has 1 aliphatic rings. The van der Waals surface area contributed by atoms with Gasteiger partial charge < -0.3 is 9.84 Å². The van der Waals surface area contributed by atoms with Crippen molar-refractivity contribution in [2.75, 3.05) is 0 Å². The molecule has 0 radical (unpaired) electrons. The fourth-order valence-electron chi connectivity index (χ4n) is 3.49. The number of benzene rings is 2. The van der Waals surface area contributed by atoms with Crippen LogP contribution in [0.2, 0.25) is 0 Å². The van der Waals surface area contributed by atoms with E-state index < -0.39 is 59.3 Å². The molecule has 13 heteroatoms. The van der Waals surface area contributed by atoms with Gasteiger partial charge in [0.15, 0.2) is 0 Å². The summed E-state index contributed by atoms with van der Waals surface area (Å²) in [5, 5.41) is 10.3. The predicted molar refractivity (Wildman–Crippen MR) is 105 cm³/mol. The van der Waals surface area contributed by atoms with Crippen LogP contribution in [-0.4, -0.2) is 22.5 Å². The monoisotopic (exact) mass is 599 g/mol. The molecule has 1 fully saturated rings. The second kappa shape index (κ2) is 8.89. The summed E-state index contributed by atoms with van der Waals surface area (Å²) in [6.45, 7) is 1.10. The topological polar surface area (TPSA) is 32.7 Å². The Morgan fingerprint density at radius 3 is 1.85 bits per heavy atom. The van der Waals surface area contributed by atoms with E-state index >= 15 is 0 Å². The van der Waals surface area contributed by atoms with E-state index in [2.05, 4.69) is 0 Å². The summed E-state index contributed by atoms with van der Waals surface area (Å²) in [5.41, 5.74) is -4.33. The van der Waals surface area contributed by atoms with E-state index in [1.165, 1.54) is 13.0 Å². The molecule has 2 unspecified atom stereocenters. The van der Waals surface area contributed by atoms with Crippen molar-refractivity contribution in [3.8, 4) is 0 Å². The highest BCUT2D eigenvalue weighted by Crippen LogP contribution is 2.42. The predicted octanol–water partition coefficient (Wildman–Crippen LogP) is 6.59. The van der Waals surface area contributed by atoms with Gasteiger partial charge in [0.05, 0.1) is 16.7 Å². The summed E-state index contributed by atoms with van der Waals surface area (Å²) in [7, 11) is 0. The van der Waals surface area contributed by atoms with Crippen LogP contribution in [0.1, 0.15) is 40.8 Å². The fraction of sp³-hybridized carbons (Fsp3) is 0.400. The summed E-state index contributed by atoms with van der Waals surface area (Å²) < 4.78 is 124. The van der Waals surface area contributed by atoms with Gasteiger partial charge in [0.25, 0.3) is 0 Å². The third-order valence-electron chi connectivity index (χ3n) is 5.18. The van der Waals surface area contributed by atoms with Crippen LogP contribution in [0.5, 0.6) is 0 Å². The highest BCUT2D eigenvalue weighted by atomic mass is 127. The second-order valence-corrected chi connectivity index (χ2v) is 8.60. The summed E-state index contributed by atoms with van der Waals surface area (Å²) >= 11 is 1.78. The minimum atomic E-state index is -5.07. The molecule has 1 heterocycles. The maximum Gasteiger partial charge on any atom is 0.416 e. The molecular formula is C20H15F9INO2. The van der Waals surface area contributed by atoms with Gasteiger partial charge in [0, 0.05) is 16.2 Å². The Hall–Kier alpha value is -1.58. The number of alkyl halides is 9. The molecule has 1 aliphatic heterocycles. The molecule has 0 amide bonds. The number of aliphatic hydroxyl groups is 1. The SMILES string of the molecule is C[C@H]1C(c2cc(C(F)(F)F)cc(C(F)(F)F)c2)OC(O)N1Cc1cc(C(F)(F)F)ccc1I. The van der Waals surface area contributed by atoms with Crippen LogP contribution in [0, 0.1) is 3.57 Å². The third-order valence-corrected chi connectivity index (χ3v) is 6.23. The van der Waals surface area contributed by atoms with Crippen molar-refractivity contribution in [3.63, 3.8) is 0 Å². The summed E-state index contributed by atoms with van der Waals surface area (Å²) in [4.78, 5) is 1.15. The van der Waals surface area contributed by atoms with Crippen molar-refractivity contribution in [1.29, 1.82) is 0 Å². The zero-order valence-corrected chi connectivity index (χ0v) is 18.6. The van der Waals surface area contributed by atoms with E-state index in [1.54, 1.807) is 22.6 Å². The molecule has 1 saturated heterocycles. The molecule has 0 saturated carbocycles. The molecule has 0 aromatic heterocycles. The van der Waals surface area contributed by atoms with Crippen LogP contribution in [0.15, 0.2) is 36.4 Å². The molecule has 2 aromatic carbocycles. The number of hydrogen-bond donors (Lipinski definition) is 1. The number of ether oxygens (including phenoxy) is 1. The van der Waals surface area contributed by atoms with Gasteiger partial charge in [-0.15, -0.1) is 0 Å². The van der Waals surface area contributed by atoms with E-state index in [-0.39, 0.29) is 18.2 Å². The molecule has 2 aromatic rings. The van der Waals surface area contributed by atoms with Crippen molar-refractivity contribution in [3.05, 3.63) is 67.8 Å². The van der Waals surface area contributed by atoms with Crippen LogP contribution < -0.4 is 0 Å². The van der Waals surface area contributed by atoms with Crippen LogP contribution in [0.25, 0.3) is 0 Å². The van der Waals surface area contributed by atoms with Gasteiger partial charge in [-0.2, -0.15) is 39.5 Å². The van der Waals surface area contributed by atoms with Crippen molar-refractivity contribution >= 4 is 22.6 Å². The Morgan fingerprint density at radius 2 is 1.36 bits per heavy atom. The maximum absolute atomic E-state index is 13.2. The van der Waals surface area contributed by atoms with Gasteiger partial charge in [-0.3, -0.25) is 0 Å². The standard InChI is InChI=1S/C20H15F9INO2/c1-9-16(10-4-13(19(24,25)26)7-14(5-10)20(27,28)29)33-17(32)31(9)8-11-6-12(18(21,22)23)2-3-15(11)30/h2-7,9,16-17,32H,8H2,1H3/t9-,16?,17?/m0/s1. The number of halogens is 10. The lowest BCUT2D eigenvalue weighted by molar-refractivity contribution is -0.154. The minimum absolute atomic E-state index is 0.0255. The fourth-order valence-corrected chi connectivity index (χ4v) is 4.00. The Kier molecular flexibility index (Phi) is 7.01. The molecule has 33 heavy (non-hydrogen) atoms. The lowest BCUT2D eigenvalue weighted by atomic mass is 9.97. The summed E-state index contributed by atoms with van der Waals surface area (Å²) in [6.07, 6.45) is -17.9. The van der Waals surface area contributed by atoms with Gasteiger partial charge in [-0.05, 0) is 77.0 Å². The number of hydrogen-bond acceptors (Lipinski definition) is 3. The van der Waals surface area contributed by atoms with Crippen molar-refractivity contribution in [2.45, 2.75) is 50.6 Å². The van der Waals surface area contributed by atoms with E-state index in [1.807, 2.05) is 0 Å². The molecule has 0 bridgehead atoms. The van der Waals surface area contributed by atoms with Crippen LogP contribution in [0.3, 0.4) is 0 Å². The van der Waals surface area contributed by atoms with Gasteiger partial charge in [0.1, 0.15) is 6.10 Å². The van der Waals surface area contributed by atoms with E-state index in [9.17, 15) is 44.6 Å². The lowest BCUT2D eigenvalue weighted by Crippen LogP contribution is -2.35. The number of rotatable bonds is 3. The Bertz CT molecular complexity index is 988. The Labute approximate surface area is 195 Å². The van der Waals surface area contributed by atoms with Crippen LogP contribution in [0.4, 0.5) is 39.5 Å². The second-order valence-electron chi connectivity index (χ2n) is 7.44.